The van der Waals surface area contributed by atoms with E-state index in [0.29, 0.717) is 0 Å². The van der Waals surface area contributed by atoms with E-state index in [1.807, 2.05) is 9.82 Å². The first-order valence-electron chi connectivity index (χ1n) is 6.65. The van der Waals surface area contributed by atoms with Gasteiger partial charge in [0, 0.05) is 14.9 Å². The smallest absolute Gasteiger partial charge is 0.461 e. The molecule has 21 nitrogen and oxygen atoms in total. The van der Waals surface area contributed by atoms with Crippen LogP contribution in [0.3, 0.4) is 0 Å². The molecule has 1 N–H and O–H groups in total. The van der Waals surface area contributed by atoms with Crippen LogP contribution in [0.4, 0.5) is 4.79 Å². The van der Waals surface area contributed by atoms with Crippen molar-refractivity contribution < 1.29 is 29.7 Å². The highest BCUT2D eigenvalue weighted by molar-refractivity contribution is 5.64. The number of hydrogen-bond acceptors (Lipinski definition) is 11. The van der Waals surface area contributed by atoms with E-state index < -0.39 is 61.2 Å². The second-order valence-electron chi connectivity index (χ2n) is 4.70. The van der Waals surface area contributed by atoms with Crippen LogP contribution in [-0.4, -0.2) is 47.6 Å². The third kappa shape index (κ3) is 3.54. The van der Waals surface area contributed by atoms with Gasteiger partial charge in [0.15, 0.2) is 5.03 Å². The number of azide groups is 2. The number of hydrazine groups is 1. The minimum Gasteiger partial charge on any atom is -0.461 e. The molecule has 152 valence electrons. The molecule has 21 heteroatoms. The van der Waals surface area contributed by atoms with Crippen molar-refractivity contribution in [2.24, 2.45) is 16.1 Å². The highest BCUT2D eigenvalue weighted by Gasteiger charge is 2.80. The zero-order chi connectivity index (χ0) is 22.3. The summed E-state index contributed by atoms with van der Waals surface area (Å²) < 4.78 is 0. The average Bonchev–Trinajstić information content (AvgIpc) is 2.55. The molecule has 0 aromatic carbocycles. The molecular weight excluding hydrogens is 398 g/mol. The van der Waals surface area contributed by atoms with Crippen LogP contribution in [0.2, 0.25) is 0 Å². The van der Waals surface area contributed by atoms with Crippen molar-refractivity contribution in [1.82, 2.24) is 5.01 Å². The largest absolute Gasteiger partial charge is 0.558 e. The lowest BCUT2D eigenvalue weighted by atomic mass is 9.88. The SMILES string of the molecule is CCCC(C(N=[N+]=[N-])(N(C(=O)O)[N+](=O)[O-])[N+](=O)[O-])C(N=[N+]=[N-])([N+](=O)[O-])[N+](=O)[O-]. The van der Waals surface area contributed by atoms with Crippen LogP contribution < -0.4 is 0 Å². The van der Waals surface area contributed by atoms with Gasteiger partial charge in [-0.15, -0.1) is 0 Å². The lowest BCUT2D eigenvalue weighted by Crippen LogP contribution is -2.69. The molecule has 0 saturated heterocycles. The third-order valence-electron chi connectivity index (χ3n) is 3.36. The van der Waals surface area contributed by atoms with Gasteiger partial charge in [-0.3, -0.25) is 30.3 Å². The molecule has 0 saturated carbocycles. The summed E-state index contributed by atoms with van der Waals surface area (Å²) in [5.74, 6) is -11.5. The number of carboxylic acid groups (broad SMARTS) is 1. The van der Waals surface area contributed by atoms with Gasteiger partial charge in [0.25, 0.3) is 0 Å². The topological polar surface area (TPSA) is 311 Å². The van der Waals surface area contributed by atoms with Crippen molar-refractivity contribution >= 4 is 6.09 Å². The summed E-state index contributed by atoms with van der Waals surface area (Å²) in [6, 6.07) is 0. The Hall–Kier alpha value is -4.51. The van der Waals surface area contributed by atoms with E-state index in [-0.39, 0.29) is 0 Å². The van der Waals surface area contributed by atoms with Gasteiger partial charge in [-0.2, -0.15) is 0 Å². The summed E-state index contributed by atoms with van der Waals surface area (Å²) in [7, 11) is 0. The lowest BCUT2D eigenvalue weighted by molar-refractivity contribution is -0.831. The summed E-state index contributed by atoms with van der Waals surface area (Å²) in [5, 5.41) is 56.0. The Morgan fingerprint density at radius 1 is 1.07 bits per heavy atom. The quantitative estimate of drug-likeness (QED) is 0.128. The third-order valence-corrected chi connectivity index (χ3v) is 3.36. The summed E-state index contributed by atoms with van der Waals surface area (Å²) >= 11 is 0. The molecule has 0 bridgehead atoms. The van der Waals surface area contributed by atoms with Crippen LogP contribution in [0.1, 0.15) is 19.8 Å². The number of amides is 1. The van der Waals surface area contributed by atoms with Gasteiger partial charge in [-0.1, -0.05) is 13.3 Å². The highest BCUT2D eigenvalue weighted by Crippen LogP contribution is 2.42. The monoisotopic (exact) mass is 407 g/mol. The van der Waals surface area contributed by atoms with E-state index >= 15 is 0 Å². The van der Waals surface area contributed by atoms with Crippen LogP contribution in [0.25, 0.3) is 20.9 Å². The molecule has 0 aliphatic rings. The van der Waals surface area contributed by atoms with Crippen LogP contribution in [0, 0.1) is 46.4 Å². The van der Waals surface area contributed by atoms with Crippen molar-refractivity contribution in [3.05, 3.63) is 61.3 Å². The Bertz CT molecular complexity index is 762. The van der Waals surface area contributed by atoms with Gasteiger partial charge < -0.3 is 5.11 Å². The summed E-state index contributed by atoms with van der Waals surface area (Å²) in [4.78, 5) is 54.9. The van der Waals surface area contributed by atoms with Crippen LogP contribution in [-0.2, 0) is 0 Å². The van der Waals surface area contributed by atoms with Gasteiger partial charge in [-0.25, -0.2) is 14.9 Å². The Balaban J connectivity index is 7.66. The van der Waals surface area contributed by atoms with E-state index in [2.05, 4.69) is 10.2 Å². The van der Waals surface area contributed by atoms with Crippen molar-refractivity contribution in [1.29, 1.82) is 0 Å². The molecule has 0 heterocycles. The molecular formula is C7H9N11O10. The van der Waals surface area contributed by atoms with Gasteiger partial charge in [0.1, 0.15) is 9.85 Å². The maximum absolute atomic E-state index is 11.6. The number of nitrogens with zero attached hydrogens (tertiary/aromatic N) is 11. The van der Waals surface area contributed by atoms with E-state index in [4.69, 9.17) is 16.2 Å². The predicted molar refractivity (Wildman–Crippen MR) is 80.0 cm³/mol. The Labute approximate surface area is 150 Å². The standard InChI is InChI=1S/C7H9N11O10/c1-2-3-4(7(11-13-9,16(23)24)17(25)26)6(10-12-8,15(21)22)14(5(19)20)18(27)28/h4H,2-3H2,1H3,(H,19,20). The highest BCUT2D eigenvalue weighted by atomic mass is 16.7. The molecule has 0 aliphatic heterocycles. The number of rotatable bonds is 11. The molecule has 0 aromatic heterocycles. The molecule has 0 aliphatic carbocycles. The van der Waals surface area contributed by atoms with E-state index in [1.54, 1.807) is 0 Å². The lowest BCUT2D eigenvalue weighted by Gasteiger charge is -2.30. The van der Waals surface area contributed by atoms with E-state index in [1.165, 1.54) is 0 Å². The van der Waals surface area contributed by atoms with Gasteiger partial charge >= 0.3 is 17.7 Å². The first-order valence-corrected chi connectivity index (χ1v) is 6.65. The molecule has 0 rings (SSSR count). The van der Waals surface area contributed by atoms with Gasteiger partial charge in [0.05, 0.1) is 15.0 Å². The molecule has 0 spiro atoms. The van der Waals surface area contributed by atoms with Crippen molar-refractivity contribution in [3.8, 4) is 0 Å². The van der Waals surface area contributed by atoms with E-state index in [0.717, 1.165) is 6.92 Å². The summed E-state index contributed by atoms with van der Waals surface area (Å²) in [6.07, 6.45) is -4.22. The van der Waals surface area contributed by atoms with Crippen molar-refractivity contribution in [2.75, 3.05) is 0 Å². The molecule has 1 amide bonds. The minimum atomic E-state index is -4.26. The van der Waals surface area contributed by atoms with Crippen LogP contribution >= 0.6 is 0 Å². The Morgan fingerprint density at radius 3 is 1.79 bits per heavy atom. The minimum absolute atomic E-state index is 0.406. The second kappa shape index (κ2) is 8.73. The first-order chi connectivity index (χ1) is 12.9. The summed E-state index contributed by atoms with van der Waals surface area (Å²) in [6.45, 7) is 1.16. The molecule has 0 radical (unpaired) electrons. The zero-order valence-electron chi connectivity index (χ0n) is 13.5. The van der Waals surface area contributed by atoms with Gasteiger partial charge in [0.2, 0.25) is 5.92 Å². The number of carbonyl (C=O) groups is 1. The maximum atomic E-state index is 11.6. The normalized spacial score (nSPS) is 13.6. The van der Waals surface area contributed by atoms with Crippen LogP contribution in [0.15, 0.2) is 10.2 Å². The van der Waals surface area contributed by atoms with Crippen LogP contribution in [0.5, 0.6) is 0 Å². The predicted octanol–water partition coefficient (Wildman–Crippen LogP) is 1.33. The molecule has 28 heavy (non-hydrogen) atoms. The first kappa shape index (κ1) is 23.5. The number of nitro groups is 4. The molecule has 0 aromatic rings. The average molecular weight is 407 g/mol. The molecule has 0 fully saturated rings. The van der Waals surface area contributed by atoms with Gasteiger partial charge in [-0.05, 0) is 17.5 Å². The van der Waals surface area contributed by atoms with Crippen molar-refractivity contribution in [2.45, 2.75) is 31.3 Å². The second-order valence-corrected chi connectivity index (χ2v) is 4.70. The fraction of sp³-hybridized carbons (Fsp3) is 0.857. The maximum Gasteiger partial charge on any atom is 0.558 e. The Kier molecular flexibility index (Phi) is 7.32. The Morgan fingerprint density at radius 2 is 1.54 bits per heavy atom. The fourth-order valence-electron chi connectivity index (χ4n) is 2.36. The fourth-order valence-corrected chi connectivity index (χ4v) is 2.36. The molecule has 2 unspecified atom stereocenters. The summed E-state index contributed by atoms with van der Waals surface area (Å²) in [5.41, 5.74) is 17.1. The molecule has 2 atom stereocenters. The van der Waals surface area contributed by atoms with Crippen molar-refractivity contribution in [3.63, 3.8) is 0 Å². The number of hydrogen-bond donors (Lipinski definition) is 1. The van der Waals surface area contributed by atoms with E-state index in [9.17, 15) is 45.3 Å². The zero-order valence-corrected chi connectivity index (χ0v) is 13.5.